The Morgan fingerprint density at radius 3 is 2.35 bits per heavy atom. The minimum absolute atomic E-state index is 0.182. The van der Waals surface area contributed by atoms with Gasteiger partial charge in [0.05, 0.1) is 12.7 Å². The summed E-state index contributed by atoms with van der Waals surface area (Å²) in [6.07, 6.45) is -0.464. The second-order valence-corrected chi connectivity index (χ2v) is 4.89. The van der Waals surface area contributed by atoms with E-state index in [0.29, 0.717) is 0 Å². The Morgan fingerprint density at radius 2 is 1.94 bits per heavy atom. The second kappa shape index (κ2) is 6.56. The summed E-state index contributed by atoms with van der Waals surface area (Å²) in [5, 5.41) is 11.5. The predicted molar refractivity (Wildman–Crippen MR) is 63.6 cm³/mol. The molecule has 0 aromatic rings. The molecule has 1 atom stereocenters. The van der Waals surface area contributed by atoms with Crippen molar-refractivity contribution in [1.82, 2.24) is 10.2 Å². The molecule has 0 aliphatic rings. The highest BCUT2D eigenvalue weighted by Crippen LogP contribution is 2.08. The smallest absolute Gasteiger partial charge is 0.411 e. The monoisotopic (exact) mass is 246 g/mol. The lowest BCUT2D eigenvalue weighted by molar-refractivity contribution is -0.123. The van der Waals surface area contributed by atoms with Gasteiger partial charge in [-0.05, 0) is 27.7 Å². The van der Waals surface area contributed by atoms with Gasteiger partial charge in [-0.25, -0.2) is 4.79 Å². The third-order valence-electron chi connectivity index (χ3n) is 1.98. The molecule has 0 heterocycles. The van der Waals surface area contributed by atoms with E-state index in [2.05, 4.69) is 5.32 Å². The minimum atomic E-state index is -0.544. The Labute approximate surface area is 102 Å². The fourth-order valence-electron chi connectivity index (χ4n) is 0.929. The fraction of sp³-hybridized carbons (Fsp3) is 0.818. The van der Waals surface area contributed by atoms with Crippen LogP contribution in [0.25, 0.3) is 0 Å². The summed E-state index contributed by atoms with van der Waals surface area (Å²) in [7, 11) is 1.57. The number of aliphatic hydroxyl groups excluding tert-OH is 1. The van der Waals surface area contributed by atoms with Gasteiger partial charge in [0.15, 0.2) is 5.78 Å². The average Bonchev–Trinajstić information content (AvgIpc) is 2.21. The van der Waals surface area contributed by atoms with Gasteiger partial charge in [0, 0.05) is 7.05 Å². The Morgan fingerprint density at radius 1 is 1.41 bits per heavy atom. The fourth-order valence-corrected chi connectivity index (χ4v) is 0.929. The first-order valence-corrected chi connectivity index (χ1v) is 5.48. The highest BCUT2D eigenvalue weighted by Gasteiger charge is 2.20. The first-order chi connectivity index (χ1) is 7.67. The van der Waals surface area contributed by atoms with Crippen LogP contribution in [0.15, 0.2) is 0 Å². The normalized spacial score (nSPS) is 13.1. The van der Waals surface area contributed by atoms with Crippen molar-refractivity contribution in [2.75, 3.05) is 20.3 Å². The van der Waals surface area contributed by atoms with Gasteiger partial charge in [0.2, 0.25) is 0 Å². The zero-order valence-electron chi connectivity index (χ0n) is 11.1. The van der Waals surface area contributed by atoms with Crippen molar-refractivity contribution < 1.29 is 19.4 Å². The average molecular weight is 246 g/mol. The molecule has 6 nitrogen and oxygen atoms in total. The molecular weight excluding hydrogens is 224 g/mol. The van der Waals surface area contributed by atoms with Crippen molar-refractivity contribution in [2.45, 2.75) is 39.3 Å². The molecule has 2 N–H and O–H groups in total. The van der Waals surface area contributed by atoms with Crippen LogP contribution in [0.3, 0.4) is 0 Å². The van der Waals surface area contributed by atoms with Crippen molar-refractivity contribution >= 4 is 11.9 Å². The summed E-state index contributed by atoms with van der Waals surface area (Å²) in [5.41, 5.74) is -0.544. The molecule has 0 rings (SSSR count). The highest BCUT2D eigenvalue weighted by atomic mass is 16.6. The van der Waals surface area contributed by atoms with Crippen molar-refractivity contribution in [1.29, 1.82) is 0 Å². The number of hydrogen-bond donors (Lipinski definition) is 2. The van der Waals surface area contributed by atoms with Gasteiger partial charge in [-0.2, -0.15) is 0 Å². The van der Waals surface area contributed by atoms with Crippen LogP contribution in [0.5, 0.6) is 0 Å². The Kier molecular flexibility index (Phi) is 6.12. The molecule has 0 aromatic heterocycles. The quantitative estimate of drug-likeness (QED) is 0.684. The number of amides is 1. The number of ether oxygens (including phenoxy) is 1. The highest BCUT2D eigenvalue weighted by molar-refractivity contribution is 5.84. The third kappa shape index (κ3) is 6.91. The standard InChI is InChI=1S/C11H22N2O4/c1-8(9(15)6-14)12-7-13(5)10(16)17-11(2,3)4/h8,12,14H,6-7H2,1-5H3/t8-/m0/s1. The van der Waals surface area contributed by atoms with E-state index in [-0.39, 0.29) is 12.5 Å². The van der Waals surface area contributed by atoms with Crippen LogP contribution in [0.2, 0.25) is 0 Å². The summed E-state index contributed by atoms with van der Waals surface area (Å²) in [5.74, 6) is -0.317. The first-order valence-electron chi connectivity index (χ1n) is 5.48. The summed E-state index contributed by atoms with van der Waals surface area (Å²) in [6, 6.07) is -0.495. The molecule has 17 heavy (non-hydrogen) atoms. The Bertz CT molecular complexity index is 273. The van der Waals surface area contributed by atoms with Crippen LogP contribution in [0.1, 0.15) is 27.7 Å². The second-order valence-electron chi connectivity index (χ2n) is 4.89. The topological polar surface area (TPSA) is 78.9 Å². The molecule has 100 valence electrons. The molecule has 0 radical (unpaired) electrons. The lowest BCUT2D eigenvalue weighted by Gasteiger charge is -2.25. The lowest BCUT2D eigenvalue weighted by atomic mass is 10.2. The van der Waals surface area contributed by atoms with E-state index in [4.69, 9.17) is 9.84 Å². The minimum Gasteiger partial charge on any atom is -0.444 e. The molecule has 0 saturated carbocycles. The molecule has 0 bridgehead atoms. The van der Waals surface area contributed by atoms with Gasteiger partial charge in [-0.1, -0.05) is 0 Å². The number of carbonyl (C=O) groups is 2. The largest absolute Gasteiger partial charge is 0.444 e. The number of nitrogens with zero attached hydrogens (tertiary/aromatic N) is 1. The van der Waals surface area contributed by atoms with E-state index >= 15 is 0 Å². The molecular formula is C11H22N2O4. The number of rotatable bonds is 5. The van der Waals surface area contributed by atoms with E-state index in [0.717, 1.165) is 0 Å². The molecule has 0 fully saturated rings. The van der Waals surface area contributed by atoms with Gasteiger partial charge in [-0.3, -0.25) is 15.0 Å². The maximum Gasteiger partial charge on any atom is 0.411 e. The number of hydrogen-bond acceptors (Lipinski definition) is 5. The number of carbonyl (C=O) groups excluding carboxylic acids is 2. The Hall–Kier alpha value is -1.14. The van der Waals surface area contributed by atoms with Crippen LogP contribution in [0, 0.1) is 0 Å². The maximum absolute atomic E-state index is 11.5. The van der Waals surface area contributed by atoms with Crippen LogP contribution in [0.4, 0.5) is 4.79 Å². The number of nitrogens with one attached hydrogen (secondary N) is 1. The zero-order chi connectivity index (χ0) is 13.6. The lowest BCUT2D eigenvalue weighted by Crippen LogP contribution is -2.45. The molecule has 0 aliphatic carbocycles. The molecule has 6 heteroatoms. The van der Waals surface area contributed by atoms with Crippen LogP contribution >= 0.6 is 0 Å². The summed E-state index contributed by atoms with van der Waals surface area (Å²) in [6.45, 7) is 6.64. The number of Topliss-reactive ketones (excluding diaryl/α,β-unsaturated/α-hetero) is 1. The van der Waals surface area contributed by atoms with Crippen LogP contribution in [-0.2, 0) is 9.53 Å². The van der Waals surface area contributed by atoms with Crippen molar-refractivity contribution in [3.63, 3.8) is 0 Å². The van der Waals surface area contributed by atoms with Crippen molar-refractivity contribution in [2.24, 2.45) is 0 Å². The van der Waals surface area contributed by atoms with Crippen molar-refractivity contribution in [3.05, 3.63) is 0 Å². The first kappa shape index (κ1) is 15.9. The summed E-state index contributed by atoms with van der Waals surface area (Å²) < 4.78 is 5.13. The molecule has 0 aromatic carbocycles. The van der Waals surface area contributed by atoms with Crippen LogP contribution in [-0.4, -0.2) is 53.8 Å². The van der Waals surface area contributed by atoms with E-state index in [1.54, 1.807) is 34.7 Å². The number of ketones is 1. The van der Waals surface area contributed by atoms with Gasteiger partial charge < -0.3 is 9.84 Å². The molecule has 0 aliphatic heterocycles. The van der Waals surface area contributed by atoms with Gasteiger partial charge >= 0.3 is 6.09 Å². The van der Waals surface area contributed by atoms with E-state index in [1.807, 2.05) is 0 Å². The number of aliphatic hydroxyl groups is 1. The molecule has 0 unspecified atom stereocenters. The summed E-state index contributed by atoms with van der Waals surface area (Å²) >= 11 is 0. The van der Waals surface area contributed by atoms with E-state index in [1.165, 1.54) is 4.90 Å². The van der Waals surface area contributed by atoms with Gasteiger partial charge in [-0.15, -0.1) is 0 Å². The van der Waals surface area contributed by atoms with Crippen molar-refractivity contribution in [3.8, 4) is 0 Å². The SMILES string of the molecule is C[C@H](NCN(C)C(=O)OC(C)(C)C)C(=O)CO. The van der Waals surface area contributed by atoms with E-state index in [9.17, 15) is 9.59 Å². The molecule has 0 saturated heterocycles. The maximum atomic E-state index is 11.5. The van der Waals surface area contributed by atoms with Gasteiger partial charge in [0.25, 0.3) is 0 Å². The summed E-state index contributed by atoms with van der Waals surface area (Å²) in [4.78, 5) is 23.9. The van der Waals surface area contributed by atoms with E-state index < -0.39 is 24.3 Å². The zero-order valence-corrected chi connectivity index (χ0v) is 11.1. The van der Waals surface area contributed by atoms with Gasteiger partial charge in [0.1, 0.15) is 12.2 Å². The third-order valence-corrected chi connectivity index (χ3v) is 1.98. The molecule has 0 spiro atoms. The predicted octanol–water partition coefficient (Wildman–Crippen LogP) is 0.350. The van der Waals surface area contributed by atoms with Crippen LogP contribution < -0.4 is 5.32 Å². The Balaban J connectivity index is 4.06. The molecule has 1 amide bonds.